The van der Waals surface area contributed by atoms with Gasteiger partial charge in [-0.3, -0.25) is 19.3 Å². The molecule has 5 nitrogen and oxygen atoms in total. The number of fused-ring (bicyclic) bond motifs is 1. The summed E-state index contributed by atoms with van der Waals surface area (Å²) in [6.45, 7) is 1.56. The fourth-order valence-electron chi connectivity index (χ4n) is 1.72. The molecule has 0 aliphatic carbocycles. The van der Waals surface area contributed by atoms with E-state index in [9.17, 15) is 14.4 Å². The number of rotatable bonds is 3. The first kappa shape index (κ1) is 11.3. The SMILES string of the molecule is CCOC(=O)[13CH2]N1C(=O)c2ccccc2C1=O. The summed E-state index contributed by atoms with van der Waals surface area (Å²) in [7, 11) is 0. The van der Waals surface area contributed by atoms with E-state index in [1.165, 1.54) is 0 Å². The minimum Gasteiger partial charge on any atom is -0.465 e. The molecule has 5 heteroatoms. The highest BCUT2D eigenvalue weighted by Gasteiger charge is 2.36. The molecule has 0 fully saturated rings. The van der Waals surface area contributed by atoms with Gasteiger partial charge in [0.2, 0.25) is 0 Å². The molecular weight excluding hydrogens is 223 g/mol. The molecule has 1 heterocycles. The average molecular weight is 234 g/mol. The smallest absolute Gasteiger partial charge is 0.326 e. The van der Waals surface area contributed by atoms with Crippen LogP contribution in [0.25, 0.3) is 0 Å². The third-order valence-electron chi connectivity index (χ3n) is 2.47. The van der Waals surface area contributed by atoms with Gasteiger partial charge in [0.25, 0.3) is 11.8 Å². The lowest BCUT2D eigenvalue weighted by atomic mass is 10.1. The van der Waals surface area contributed by atoms with Crippen molar-refractivity contribution in [2.45, 2.75) is 6.92 Å². The second-order valence-corrected chi connectivity index (χ2v) is 3.55. The Morgan fingerprint density at radius 1 is 1.18 bits per heavy atom. The molecule has 0 radical (unpaired) electrons. The topological polar surface area (TPSA) is 63.7 Å². The van der Waals surface area contributed by atoms with Crippen LogP contribution in [0, 0.1) is 0 Å². The van der Waals surface area contributed by atoms with E-state index in [1.807, 2.05) is 0 Å². The highest BCUT2D eigenvalue weighted by molar-refractivity contribution is 6.22. The highest BCUT2D eigenvalue weighted by Crippen LogP contribution is 2.21. The van der Waals surface area contributed by atoms with Crippen molar-refractivity contribution < 1.29 is 19.1 Å². The Hall–Kier alpha value is -2.17. The van der Waals surface area contributed by atoms with Gasteiger partial charge in [0.05, 0.1) is 17.7 Å². The summed E-state index contributed by atoms with van der Waals surface area (Å²) in [6.07, 6.45) is 0. The van der Waals surface area contributed by atoms with E-state index in [0.717, 1.165) is 4.90 Å². The number of hydrogen-bond acceptors (Lipinski definition) is 4. The summed E-state index contributed by atoms with van der Waals surface area (Å²) in [5, 5.41) is 0. The van der Waals surface area contributed by atoms with E-state index < -0.39 is 17.8 Å². The van der Waals surface area contributed by atoms with Crippen LogP contribution in [0.3, 0.4) is 0 Å². The standard InChI is InChI=1S/C12H11NO4/c1-2-17-10(14)7-13-11(15)8-5-3-4-6-9(8)12(13)16/h3-6H,2,7H2,1H3/i7+1. The van der Waals surface area contributed by atoms with Crippen LogP contribution < -0.4 is 0 Å². The van der Waals surface area contributed by atoms with E-state index in [4.69, 9.17) is 4.74 Å². The molecule has 1 aliphatic heterocycles. The monoisotopic (exact) mass is 234 g/mol. The van der Waals surface area contributed by atoms with Crippen molar-refractivity contribution in [2.24, 2.45) is 0 Å². The van der Waals surface area contributed by atoms with Gasteiger partial charge in [-0.05, 0) is 19.1 Å². The summed E-state index contributed by atoms with van der Waals surface area (Å²) in [5.74, 6) is -1.47. The second-order valence-electron chi connectivity index (χ2n) is 3.55. The van der Waals surface area contributed by atoms with Crippen LogP contribution >= 0.6 is 0 Å². The first-order valence-electron chi connectivity index (χ1n) is 5.26. The lowest BCUT2D eigenvalue weighted by Gasteiger charge is -2.12. The van der Waals surface area contributed by atoms with Gasteiger partial charge in [-0.1, -0.05) is 12.1 Å². The number of carbonyl (C=O) groups is 3. The van der Waals surface area contributed by atoms with Crippen molar-refractivity contribution in [2.75, 3.05) is 13.2 Å². The quantitative estimate of drug-likeness (QED) is 0.442. The number of imide groups is 1. The minimum absolute atomic E-state index is 0.224. The first-order valence-corrected chi connectivity index (χ1v) is 5.26. The molecule has 0 N–H and O–H groups in total. The fraction of sp³-hybridized carbons (Fsp3) is 0.250. The fourth-order valence-corrected chi connectivity index (χ4v) is 1.72. The van der Waals surface area contributed by atoms with Gasteiger partial charge in [-0.15, -0.1) is 0 Å². The molecule has 88 valence electrons. The largest absolute Gasteiger partial charge is 0.465 e. The van der Waals surface area contributed by atoms with Gasteiger partial charge in [-0.2, -0.15) is 0 Å². The summed E-state index contributed by atoms with van der Waals surface area (Å²) in [4.78, 5) is 35.9. The van der Waals surface area contributed by atoms with Crippen LogP contribution in [0.15, 0.2) is 24.3 Å². The number of carbonyl (C=O) groups excluding carboxylic acids is 3. The van der Waals surface area contributed by atoms with Gasteiger partial charge >= 0.3 is 5.97 Å². The Balaban J connectivity index is 2.22. The van der Waals surface area contributed by atoms with E-state index in [2.05, 4.69) is 0 Å². The van der Waals surface area contributed by atoms with Crippen LogP contribution in [0.5, 0.6) is 0 Å². The van der Waals surface area contributed by atoms with Crippen LogP contribution in [0.1, 0.15) is 27.6 Å². The van der Waals surface area contributed by atoms with Gasteiger partial charge < -0.3 is 4.74 Å². The third-order valence-corrected chi connectivity index (χ3v) is 2.47. The number of benzene rings is 1. The minimum atomic E-state index is -0.581. The lowest BCUT2D eigenvalue weighted by molar-refractivity contribution is -0.143. The van der Waals surface area contributed by atoms with Gasteiger partial charge in [-0.25, -0.2) is 0 Å². The Morgan fingerprint density at radius 3 is 2.18 bits per heavy atom. The van der Waals surface area contributed by atoms with E-state index in [0.29, 0.717) is 11.1 Å². The molecule has 1 aliphatic rings. The number of amides is 2. The molecule has 0 unspecified atom stereocenters. The Kier molecular flexibility index (Phi) is 2.91. The summed E-state index contributed by atoms with van der Waals surface area (Å²) in [5.41, 5.74) is 0.670. The van der Waals surface area contributed by atoms with Crippen molar-refractivity contribution in [1.29, 1.82) is 0 Å². The molecule has 1 aromatic rings. The van der Waals surface area contributed by atoms with E-state index in [1.54, 1.807) is 31.2 Å². The molecule has 2 amide bonds. The molecule has 0 bridgehead atoms. The average Bonchev–Trinajstić information content (AvgIpc) is 2.56. The summed E-state index contributed by atoms with van der Waals surface area (Å²) >= 11 is 0. The summed E-state index contributed by atoms with van der Waals surface area (Å²) < 4.78 is 4.71. The molecule has 0 saturated carbocycles. The van der Waals surface area contributed by atoms with Crippen LogP contribution in [0.2, 0.25) is 0 Å². The Morgan fingerprint density at radius 2 is 1.71 bits per heavy atom. The number of ether oxygens (including phenoxy) is 1. The molecule has 0 atom stereocenters. The van der Waals surface area contributed by atoms with Crippen LogP contribution in [-0.2, 0) is 9.53 Å². The van der Waals surface area contributed by atoms with E-state index >= 15 is 0 Å². The second kappa shape index (κ2) is 4.37. The third kappa shape index (κ3) is 1.91. The molecular formula is C12H11NO4. The van der Waals surface area contributed by atoms with Gasteiger partial charge in [0, 0.05) is 0 Å². The molecule has 17 heavy (non-hydrogen) atoms. The van der Waals surface area contributed by atoms with Crippen LogP contribution in [0.4, 0.5) is 0 Å². The van der Waals surface area contributed by atoms with Crippen LogP contribution in [-0.4, -0.2) is 35.8 Å². The number of esters is 1. The van der Waals surface area contributed by atoms with E-state index in [-0.39, 0.29) is 13.2 Å². The molecule has 0 spiro atoms. The van der Waals surface area contributed by atoms with Crippen molar-refractivity contribution in [3.63, 3.8) is 0 Å². The predicted octanol–water partition coefficient (Wildman–Crippen LogP) is 0.846. The highest BCUT2D eigenvalue weighted by atomic mass is 16.5. The van der Waals surface area contributed by atoms with Crippen molar-refractivity contribution >= 4 is 17.8 Å². The maximum absolute atomic E-state index is 11.8. The molecule has 0 aromatic heterocycles. The number of hydrogen-bond donors (Lipinski definition) is 0. The Labute approximate surface area is 98.0 Å². The molecule has 0 saturated heterocycles. The maximum atomic E-state index is 11.8. The van der Waals surface area contributed by atoms with Gasteiger partial charge in [0.15, 0.2) is 0 Å². The summed E-state index contributed by atoms with van der Waals surface area (Å²) in [6, 6.07) is 6.50. The van der Waals surface area contributed by atoms with Gasteiger partial charge in [0.1, 0.15) is 6.54 Å². The Bertz CT molecular complexity index is 460. The number of nitrogens with zero attached hydrogens (tertiary/aromatic N) is 1. The predicted molar refractivity (Wildman–Crippen MR) is 58.4 cm³/mol. The normalized spacial score (nSPS) is 13.8. The zero-order chi connectivity index (χ0) is 12.4. The maximum Gasteiger partial charge on any atom is 0.326 e. The molecule has 2 rings (SSSR count). The lowest BCUT2D eigenvalue weighted by Crippen LogP contribution is -2.35. The van der Waals surface area contributed by atoms with Crippen molar-refractivity contribution in [3.8, 4) is 0 Å². The zero-order valence-electron chi connectivity index (χ0n) is 9.30. The van der Waals surface area contributed by atoms with Crippen molar-refractivity contribution in [3.05, 3.63) is 35.4 Å². The zero-order valence-corrected chi connectivity index (χ0v) is 9.30. The molecule has 1 aromatic carbocycles. The first-order chi connectivity index (χ1) is 8.15. The van der Waals surface area contributed by atoms with Crippen molar-refractivity contribution in [1.82, 2.24) is 4.90 Å².